The molecule has 0 saturated carbocycles. The van der Waals surface area contributed by atoms with Gasteiger partial charge in [-0.15, -0.1) is 0 Å². The molecule has 2 aromatic rings. The number of thioether (sulfide) groups is 1. The van der Waals surface area contributed by atoms with Gasteiger partial charge in [0, 0.05) is 49.7 Å². The van der Waals surface area contributed by atoms with Gasteiger partial charge in [-0.2, -0.15) is 0 Å². The minimum Gasteiger partial charge on any atom is -0.466 e. The van der Waals surface area contributed by atoms with Crippen molar-refractivity contribution in [2.75, 3.05) is 44.6 Å². The van der Waals surface area contributed by atoms with Crippen LogP contribution in [-0.4, -0.2) is 60.1 Å². The van der Waals surface area contributed by atoms with Crippen molar-refractivity contribution in [2.45, 2.75) is 19.9 Å². The first-order chi connectivity index (χ1) is 15.1. The van der Waals surface area contributed by atoms with Gasteiger partial charge < -0.3 is 20.0 Å². The number of amidine groups is 1. The molecule has 7 nitrogen and oxygen atoms in total. The molecule has 31 heavy (non-hydrogen) atoms. The molecule has 1 aromatic carbocycles. The van der Waals surface area contributed by atoms with Gasteiger partial charge in [0.05, 0.1) is 18.2 Å². The number of hydrogen-bond acceptors (Lipinski definition) is 7. The van der Waals surface area contributed by atoms with Crippen LogP contribution in [0.1, 0.15) is 33.5 Å². The van der Waals surface area contributed by atoms with E-state index >= 15 is 0 Å². The predicted molar refractivity (Wildman–Crippen MR) is 124 cm³/mol. The van der Waals surface area contributed by atoms with Crippen LogP contribution < -0.4 is 10.6 Å². The van der Waals surface area contributed by atoms with E-state index in [0.29, 0.717) is 11.3 Å². The lowest BCUT2D eigenvalue weighted by atomic mass is 10.0. The fourth-order valence-corrected chi connectivity index (χ4v) is 5.30. The van der Waals surface area contributed by atoms with E-state index in [1.54, 1.807) is 17.8 Å². The number of nitrogens with one attached hydrogen (secondary N) is 2. The summed E-state index contributed by atoms with van der Waals surface area (Å²) in [5.41, 5.74) is 3.73. The first kappa shape index (κ1) is 20.4. The fraction of sp³-hybridized carbons (Fsp3) is 0.391. The zero-order valence-corrected chi connectivity index (χ0v) is 18.7. The zero-order chi connectivity index (χ0) is 21.4. The van der Waals surface area contributed by atoms with Crippen molar-refractivity contribution in [1.82, 2.24) is 15.1 Å². The van der Waals surface area contributed by atoms with Crippen LogP contribution in [0.5, 0.6) is 0 Å². The number of fused-ring (bicyclic) bond motifs is 1. The van der Waals surface area contributed by atoms with Gasteiger partial charge in [-0.05, 0) is 31.4 Å². The average Bonchev–Trinajstić information content (AvgIpc) is 3.44. The third kappa shape index (κ3) is 4.15. The normalized spacial score (nSPS) is 21.1. The van der Waals surface area contributed by atoms with Crippen molar-refractivity contribution in [3.8, 4) is 0 Å². The fourth-order valence-electron chi connectivity index (χ4n) is 4.35. The molecule has 2 N–H and O–H groups in total. The second-order valence-electron chi connectivity index (χ2n) is 8.16. The molecule has 1 saturated heterocycles. The molecular formula is C23H27N5O2S. The highest BCUT2D eigenvalue weighted by Gasteiger charge is 2.34. The highest BCUT2D eigenvalue weighted by molar-refractivity contribution is 8.16. The minimum absolute atomic E-state index is 0.00194. The molecule has 3 aliphatic heterocycles. The maximum atomic E-state index is 12.8. The molecule has 5 rings (SSSR count). The molecule has 3 aliphatic rings. The Kier molecular flexibility index (Phi) is 5.60. The summed E-state index contributed by atoms with van der Waals surface area (Å²) in [6.07, 6.45) is 0. The first-order valence-electron chi connectivity index (χ1n) is 10.7. The lowest BCUT2D eigenvalue weighted by Crippen LogP contribution is -2.45. The second-order valence-corrected chi connectivity index (χ2v) is 9.00. The molecule has 8 heteroatoms. The average molecular weight is 438 g/mol. The van der Waals surface area contributed by atoms with E-state index < -0.39 is 0 Å². The van der Waals surface area contributed by atoms with E-state index in [-0.39, 0.29) is 11.9 Å². The Balaban J connectivity index is 1.30. The Morgan fingerprint density at radius 3 is 2.87 bits per heavy atom. The zero-order valence-electron chi connectivity index (χ0n) is 17.9. The standard InChI is InChI=1S/C23H27N5O2S/c1-15-11-19(16(2)30-15)22(29)25-20-6-4-3-5-18(20)21-13-28-17(14-31-23(28)26-21)12-27-9-7-24-8-10-27/h3-6,11,14,21,24H,7-10,12-13H2,1-2H3,(H,25,29). The molecule has 1 atom stereocenters. The topological polar surface area (TPSA) is 73.1 Å². The lowest BCUT2D eigenvalue weighted by Gasteiger charge is -2.29. The van der Waals surface area contributed by atoms with Crippen LogP contribution in [0.15, 0.2) is 50.8 Å². The Bertz CT molecular complexity index is 1050. The number of benzene rings is 1. The van der Waals surface area contributed by atoms with Gasteiger partial charge in [0.15, 0.2) is 5.17 Å². The quantitative estimate of drug-likeness (QED) is 0.747. The van der Waals surface area contributed by atoms with Gasteiger partial charge in [0.2, 0.25) is 0 Å². The minimum atomic E-state index is -0.151. The number of aliphatic imine (C=N–C) groups is 1. The Morgan fingerprint density at radius 1 is 1.29 bits per heavy atom. The molecule has 1 unspecified atom stereocenters. The van der Waals surface area contributed by atoms with Gasteiger partial charge >= 0.3 is 0 Å². The summed E-state index contributed by atoms with van der Waals surface area (Å²) in [4.78, 5) is 22.6. The predicted octanol–water partition coefficient (Wildman–Crippen LogP) is 3.35. The van der Waals surface area contributed by atoms with Gasteiger partial charge in [-0.3, -0.25) is 14.7 Å². The van der Waals surface area contributed by atoms with Crippen LogP contribution in [0.3, 0.4) is 0 Å². The van der Waals surface area contributed by atoms with Crippen LogP contribution in [0.2, 0.25) is 0 Å². The third-order valence-corrected chi connectivity index (χ3v) is 6.88. The van der Waals surface area contributed by atoms with Gasteiger partial charge in [-0.25, -0.2) is 0 Å². The highest BCUT2D eigenvalue weighted by Crippen LogP contribution is 2.39. The summed E-state index contributed by atoms with van der Waals surface area (Å²) in [7, 11) is 0. The molecule has 1 fully saturated rings. The first-order valence-corrected chi connectivity index (χ1v) is 11.6. The van der Waals surface area contributed by atoms with Gasteiger partial charge in [0.25, 0.3) is 5.91 Å². The van der Waals surface area contributed by atoms with E-state index in [2.05, 4.69) is 31.9 Å². The third-order valence-electron chi connectivity index (χ3n) is 5.95. The smallest absolute Gasteiger partial charge is 0.259 e. The number of carbonyl (C=O) groups is 1. The Hall–Kier alpha value is -2.55. The molecular weight excluding hydrogens is 410 g/mol. The Morgan fingerprint density at radius 2 is 2.10 bits per heavy atom. The SMILES string of the molecule is Cc1cc(C(=O)Nc2ccccc2C2CN3C(CN4CCNCC4)=CSC3=N2)c(C)o1. The molecule has 0 radical (unpaired) electrons. The van der Waals surface area contributed by atoms with E-state index in [1.807, 2.05) is 32.0 Å². The summed E-state index contributed by atoms with van der Waals surface area (Å²) in [6, 6.07) is 9.74. The number of carbonyl (C=O) groups excluding carboxylic acids is 1. The second kappa shape index (κ2) is 8.53. The molecule has 1 amide bonds. The molecule has 4 heterocycles. The van der Waals surface area contributed by atoms with Crippen molar-refractivity contribution in [1.29, 1.82) is 0 Å². The molecule has 1 aromatic heterocycles. The molecule has 0 aliphatic carbocycles. The van der Waals surface area contributed by atoms with Crippen LogP contribution in [0, 0.1) is 13.8 Å². The summed E-state index contributed by atoms with van der Waals surface area (Å²) in [5.74, 6) is 1.22. The van der Waals surface area contributed by atoms with Gasteiger partial charge in [-0.1, -0.05) is 30.0 Å². The maximum Gasteiger partial charge on any atom is 0.259 e. The van der Waals surface area contributed by atoms with E-state index in [4.69, 9.17) is 9.41 Å². The molecule has 0 spiro atoms. The molecule has 0 bridgehead atoms. The Labute approximate surface area is 186 Å². The summed E-state index contributed by atoms with van der Waals surface area (Å²) >= 11 is 1.70. The highest BCUT2D eigenvalue weighted by atomic mass is 32.2. The molecule has 162 valence electrons. The van der Waals surface area contributed by atoms with Crippen molar-refractivity contribution in [3.63, 3.8) is 0 Å². The van der Waals surface area contributed by atoms with Crippen molar-refractivity contribution in [2.24, 2.45) is 4.99 Å². The maximum absolute atomic E-state index is 12.8. The summed E-state index contributed by atoms with van der Waals surface area (Å²) in [5, 5.41) is 9.77. The number of rotatable bonds is 5. The van der Waals surface area contributed by atoms with Crippen molar-refractivity contribution < 1.29 is 9.21 Å². The monoisotopic (exact) mass is 437 g/mol. The number of hydrogen-bond donors (Lipinski definition) is 2. The van der Waals surface area contributed by atoms with Gasteiger partial charge in [0.1, 0.15) is 11.5 Å². The van der Waals surface area contributed by atoms with E-state index in [0.717, 1.165) is 61.4 Å². The van der Waals surface area contributed by atoms with E-state index in [9.17, 15) is 4.79 Å². The number of piperazine rings is 1. The lowest BCUT2D eigenvalue weighted by molar-refractivity contribution is 0.102. The summed E-state index contributed by atoms with van der Waals surface area (Å²) < 4.78 is 5.52. The van der Waals surface area contributed by atoms with Crippen LogP contribution in [-0.2, 0) is 0 Å². The number of para-hydroxylation sites is 1. The van der Waals surface area contributed by atoms with Crippen molar-refractivity contribution >= 4 is 28.5 Å². The summed E-state index contributed by atoms with van der Waals surface area (Å²) in [6.45, 7) is 9.67. The van der Waals surface area contributed by atoms with Crippen LogP contribution in [0.4, 0.5) is 5.69 Å². The number of aryl methyl sites for hydroxylation is 2. The largest absolute Gasteiger partial charge is 0.466 e. The van der Waals surface area contributed by atoms with E-state index in [1.165, 1.54) is 5.70 Å². The number of furan rings is 1. The number of amides is 1. The number of anilines is 1. The van der Waals surface area contributed by atoms with Crippen molar-refractivity contribution in [3.05, 3.63) is 64.1 Å². The number of nitrogens with zero attached hydrogens (tertiary/aromatic N) is 3. The van der Waals surface area contributed by atoms with Crippen LogP contribution in [0.25, 0.3) is 0 Å². The van der Waals surface area contributed by atoms with Crippen LogP contribution >= 0.6 is 11.8 Å².